The second-order valence-electron chi connectivity index (χ2n) is 5.15. The second-order valence-corrected chi connectivity index (χ2v) is 5.15. The van der Waals surface area contributed by atoms with Gasteiger partial charge in [0.25, 0.3) is 0 Å². The lowest BCUT2D eigenvalue weighted by atomic mass is 9.87. The highest BCUT2D eigenvalue weighted by molar-refractivity contribution is 5.31. The van der Waals surface area contributed by atoms with Gasteiger partial charge in [-0.3, -0.25) is 0 Å². The Balaban J connectivity index is 2.10. The molecule has 1 atom stereocenters. The van der Waals surface area contributed by atoms with E-state index in [1.165, 1.54) is 43.2 Å². The molecule has 2 rings (SSSR count). The Morgan fingerprint density at radius 3 is 2.21 bits per heavy atom. The maximum Gasteiger partial charge on any atom is 0.00893 e. The van der Waals surface area contributed by atoms with Crippen molar-refractivity contribution in [3.8, 4) is 0 Å². The molecule has 0 saturated heterocycles. The van der Waals surface area contributed by atoms with E-state index in [0.29, 0.717) is 5.92 Å². The SMILES string of the molecule is CCCCCCC(c1cc[c]cc1)c1ccccc1. The summed E-state index contributed by atoms with van der Waals surface area (Å²) in [4.78, 5) is 0. The fraction of sp³-hybridized carbons (Fsp3) is 0.368. The van der Waals surface area contributed by atoms with E-state index in [0.717, 1.165) is 0 Å². The van der Waals surface area contributed by atoms with Crippen LogP contribution < -0.4 is 0 Å². The zero-order valence-corrected chi connectivity index (χ0v) is 11.8. The molecule has 99 valence electrons. The Hall–Kier alpha value is -1.56. The predicted octanol–water partition coefficient (Wildman–Crippen LogP) is 5.59. The number of unbranched alkanes of at least 4 members (excludes halogenated alkanes) is 3. The van der Waals surface area contributed by atoms with Crippen molar-refractivity contribution in [1.29, 1.82) is 0 Å². The van der Waals surface area contributed by atoms with Gasteiger partial charge in [0, 0.05) is 5.92 Å². The molecule has 0 amide bonds. The molecule has 2 aromatic carbocycles. The monoisotopic (exact) mass is 251 g/mol. The predicted molar refractivity (Wildman–Crippen MR) is 82.3 cm³/mol. The van der Waals surface area contributed by atoms with Crippen LogP contribution in [-0.4, -0.2) is 0 Å². The molecule has 1 unspecified atom stereocenters. The van der Waals surface area contributed by atoms with Gasteiger partial charge in [-0.15, -0.1) is 0 Å². The zero-order valence-electron chi connectivity index (χ0n) is 11.8. The molecule has 0 heteroatoms. The van der Waals surface area contributed by atoms with Crippen LogP contribution in [0.3, 0.4) is 0 Å². The molecule has 0 aliphatic heterocycles. The maximum absolute atomic E-state index is 3.12. The average Bonchev–Trinajstić information content (AvgIpc) is 2.49. The molecule has 0 aliphatic rings. The van der Waals surface area contributed by atoms with Gasteiger partial charge in [0.15, 0.2) is 0 Å². The minimum Gasteiger partial charge on any atom is -0.0654 e. The molecular formula is C19H23. The summed E-state index contributed by atoms with van der Waals surface area (Å²) in [6.45, 7) is 2.27. The summed E-state index contributed by atoms with van der Waals surface area (Å²) in [5.41, 5.74) is 2.85. The van der Waals surface area contributed by atoms with Crippen LogP contribution in [-0.2, 0) is 0 Å². The van der Waals surface area contributed by atoms with E-state index in [1.807, 2.05) is 12.1 Å². The van der Waals surface area contributed by atoms with Crippen molar-refractivity contribution in [3.63, 3.8) is 0 Å². The third kappa shape index (κ3) is 4.24. The fourth-order valence-corrected chi connectivity index (χ4v) is 2.62. The number of hydrogen-bond acceptors (Lipinski definition) is 0. The van der Waals surface area contributed by atoms with E-state index < -0.39 is 0 Å². The van der Waals surface area contributed by atoms with Crippen LogP contribution in [0.15, 0.2) is 54.6 Å². The van der Waals surface area contributed by atoms with E-state index in [2.05, 4.69) is 55.5 Å². The number of benzene rings is 2. The standard InChI is InChI=1S/C19H23/c1-2-3-4-11-16-19(17-12-7-5-8-13-17)18-14-9-6-10-15-18/h5,7-10,12-15,19H,2-4,11,16H2,1H3. The fourth-order valence-electron chi connectivity index (χ4n) is 2.62. The van der Waals surface area contributed by atoms with Gasteiger partial charge >= 0.3 is 0 Å². The summed E-state index contributed by atoms with van der Waals surface area (Å²) in [5, 5.41) is 0. The van der Waals surface area contributed by atoms with Gasteiger partial charge in [0.2, 0.25) is 0 Å². The molecule has 0 saturated carbocycles. The molecule has 2 aromatic rings. The molecule has 0 fully saturated rings. The summed E-state index contributed by atoms with van der Waals surface area (Å²) in [6, 6.07) is 22.5. The molecule has 0 nitrogen and oxygen atoms in total. The smallest absolute Gasteiger partial charge is 0.00893 e. The van der Waals surface area contributed by atoms with Gasteiger partial charge in [-0.05, 0) is 23.6 Å². The first-order chi connectivity index (χ1) is 9.42. The van der Waals surface area contributed by atoms with Gasteiger partial charge in [-0.1, -0.05) is 87.2 Å². The molecule has 0 aliphatic carbocycles. The first-order valence-corrected chi connectivity index (χ1v) is 7.42. The normalized spacial score (nSPS) is 10.8. The van der Waals surface area contributed by atoms with Crippen LogP contribution in [0.5, 0.6) is 0 Å². The van der Waals surface area contributed by atoms with E-state index in [-0.39, 0.29) is 0 Å². The van der Waals surface area contributed by atoms with Crippen molar-refractivity contribution >= 4 is 0 Å². The third-order valence-electron chi connectivity index (χ3n) is 3.69. The molecular weight excluding hydrogens is 228 g/mol. The lowest BCUT2D eigenvalue weighted by Crippen LogP contribution is -2.01. The average molecular weight is 251 g/mol. The zero-order chi connectivity index (χ0) is 13.3. The molecule has 0 heterocycles. The third-order valence-corrected chi connectivity index (χ3v) is 3.69. The molecule has 1 radical (unpaired) electrons. The van der Waals surface area contributed by atoms with Gasteiger partial charge in [-0.25, -0.2) is 0 Å². The first kappa shape index (κ1) is 13.9. The lowest BCUT2D eigenvalue weighted by Gasteiger charge is -2.18. The Kier molecular flexibility index (Phi) is 5.68. The van der Waals surface area contributed by atoms with E-state index >= 15 is 0 Å². The van der Waals surface area contributed by atoms with Crippen molar-refractivity contribution < 1.29 is 0 Å². The summed E-state index contributed by atoms with van der Waals surface area (Å²) < 4.78 is 0. The minimum absolute atomic E-state index is 0.535. The topological polar surface area (TPSA) is 0 Å². The Morgan fingerprint density at radius 1 is 0.842 bits per heavy atom. The summed E-state index contributed by atoms with van der Waals surface area (Å²) in [6.07, 6.45) is 6.55. The highest BCUT2D eigenvalue weighted by Crippen LogP contribution is 2.29. The van der Waals surface area contributed by atoms with Crippen molar-refractivity contribution in [2.45, 2.75) is 44.9 Å². The van der Waals surface area contributed by atoms with Crippen LogP contribution >= 0.6 is 0 Å². The quantitative estimate of drug-likeness (QED) is 0.563. The summed E-state index contributed by atoms with van der Waals surface area (Å²) in [7, 11) is 0. The van der Waals surface area contributed by atoms with Crippen molar-refractivity contribution in [2.75, 3.05) is 0 Å². The van der Waals surface area contributed by atoms with Crippen LogP contribution in [0.1, 0.15) is 56.1 Å². The van der Waals surface area contributed by atoms with Crippen molar-refractivity contribution in [3.05, 3.63) is 71.8 Å². The highest BCUT2D eigenvalue weighted by Gasteiger charge is 2.12. The minimum atomic E-state index is 0.535. The van der Waals surface area contributed by atoms with Gasteiger partial charge < -0.3 is 0 Å². The summed E-state index contributed by atoms with van der Waals surface area (Å²) in [5.74, 6) is 0.535. The Morgan fingerprint density at radius 2 is 1.53 bits per heavy atom. The van der Waals surface area contributed by atoms with Gasteiger partial charge in [0.1, 0.15) is 0 Å². The Labute approximate surface area is 117 Å². The number of rotatable bonds is 7. The van der Waals surface area contributed by atoms with E-state index in [9.17, 15) is 0 Å². The Bertz CT molecular complexity index is 404. The van der Waals surface area contributed by atoms with E-state index in [1.54, 1.807) is 0 Å². The van der Waals surface area contributed by atoms with Gasteiger partial charge in [0.05, 0.1) is 0 Å². The maximum atomic E-state index is 3.12. The second kappa shape index (κ2) is 7.78. The molecule has 0 bridgehead atoms. The van der Waals surface area contributed by atoms with Gasteiger partial charge in [-0.2, -0.15) is 0 Å². The van der Waals surface area contributed by atoms with Crippen molar-refractivity contribution in [1.82, 2.24) is 0 Å². The van der Waals surface area contributed by atoms with Crippen LogP contribution in [0.4, 0.5) is 0 Å². The molecule has 0 N–H and O–H groups in total. The lowest BCUT2D eigenvalue weighted by molar-refractivity contribution is 0.596. The van der Waals surface area contributed by atoms with Crippen molar-refractivity contribution in [2.24, 2.45) is 0 Å². The van der Waals surface area contributed by atoms with E-state index in [4.69, 9.17) is 0 Å². The van der Waals surface area contributed by atoms with Crippen LogP contribution in [0.2, 0.25) is 0 Å². The largest absolute Gasteiger partial charge is 0.0654 e. The summed E-state index contributed by atoms with van der Waals surface area (Å²) >= 11 is 0. The molecule has 0 aromatic heterocycles. The van der Waals surface area contributed by atoms with Crippen LogP contribution in [0.25, 0.3) is 0 Å². The molecule has 19 heavy (non-hydrogen) atoms. The number of hydrogen-bond donors (Lipinski definition) is 0. The highest BCUT2D eigenvalue weighted by atomic mass is 14.2. The first-order valence-electron chi connectivity index (χ1n) is 7.42. The molecule has 0 spiro atoms. The van der Waals surface area contributed by atoms with Crippen LogP contribution in [0, 0.1) is 6.07 Å².